The van der Waals surface area contributed by atoms with Gasteiger partial charge in [0.2, 0.25) is 0 Å². The van der Waals surface area contributed by atoms with Gasteiger partial charge in [-0.3, -0.25) is 9.78 Å². The molecule has 1 N–H and O–H groups in total. The van der Waals surface area contributed by atoms with Crippen molar-refractivity contribution in [2.45, 2.75) is 40.0 Å². The molecular formula is C15H25N3O. The molecule has 0 spiro atoms. The molecule has 0 aliphatic heterocycles. The van der Waals surface area contributed by atoms with E-state index in [0.29, 0.717) is 5.56 Å². The first-order valence-electron chi connectivity index (χ1n) is 7.21. The van der Waals surface area contributed by atoms with Gasteiger partial charge in [-0.2, -0.15) is 0 Å². The summed E-state index contributed by atoms with van der Waals surface area (Å²) < 4.78 is 0. The number of anilines is 1. The van der Waals surface area contributed by atoms with E-state index in [1.54, 1.807) is 12.4 Å². The van der Waals surface area contributed by atoms with Gasteiger partial charge in [-0.1, -0.05) is 20.8 Å². The number of pyridine rings is 1. The number of amides is 1. The number of hydrogen-bond donors (Lipinski definition) is 1. The number of nitrogens with one attached hydrogen (secondary N) is 1. The molecule has 4 nitrogen and oxygen atoms in total. The first kappa shape index (κ1) is 15.5. The van der Waals surface area contributed by atoms with E-state index in [-0.39, 0.29) is 5.91 Å². The molecule has 0 aliphatic rings. The van der Waals surface area contributed by atoms with Gasteiger partial charge in [0.1, 0.15) is 0 Å². The highest BCUT2D eigenvalue weighted by Gasteiger charge is 2.14. The van der Waals surface area contributed by atoms with E-state index in [1.165, 1.54) is 0 Å². The van der Waals surface area contributed by atoms with E-state index >= 15 is 0 Å². The summed E-state index contributed by atoms with van der Waals surface area (Å²) in [4.78, 5) is 18.5. The zero-order valence-corrected chi connectivity index (χ0v) is 12.3. The molecule has 0 unspecified atom stereocenters. The molecule has 0 bridgehead atoms. The van der Waals surface area contributed by atoms with Crippen LogP contribution in [0.4, 0.5) is 5.69 Å². The third-order valence-corrected chi connectivity index (χ3v) is 2.84. The minimum atomic E-state index is 0.0800. The summed E-state index contributed by atoms with van der Waals surface area (Å²) in [5.74, 6) is 0.0800. The Labute approximate surface area is 116 Å². The van der Waals surface area contributed by atoms with Crippen LogP contribution in [-0.2, 0) is 0 Å². The van der Waals surface area contributed by atoms with Crippen LogP contribution in [0.2, 0.25) is 0 Å². The number of carbonyl (C=O) groups is 1. The van der Waals surface area contributed by atoms with Crippen LogP contribution in [0, 0.1) is 0 Å². The molecule has 1 amide bonds. The lowest BCUT2D eigenvalue weighted by Gasteiger charge is -2.21. The number of carbonyl (C=O) groups excluding carboxylic acids is 1. The average Bonchev–Trinajstić information content (AvgIpc) is 2.44. The van der Waals surface area contributed by atoms with Crippen molar-refractivity contribution in [2.75, 3.05) is 25.0 Å². The SMILES string of the molecule is CCCNc1cncc(C(=O)N(CCC)CCC)c1. The van der Waals surface area contributed by atoms with E-state index in [0.717, 1.165) is 44.6 Å². The van der Waals surface area contributed by atoms with E-state index < -0.39 is 0 Å². The van der Waals surface area contributed by atoms with Crippen molar-refractivity contribution in [3.63, 3.8) is 0 Å². The molecule has 0 atom stereocenters. The predicted octanol–water partition coefficient (Wildman–Crippen LogP) is 3.17. The average molecular weight is 263 g/mol. The van der Waals surface area contributed by atoms with E-state index in [9.17, 15) is 4.79 Å². The molecule has 19 heavy (non-hydrogen) atoms. The van der Waals surface area contributed by atoms with Crippen LogP contribution in [0.15, 0.2) is 18.5 Å². The van der Waals surface area contributed by atoms with Crippen molar-refractivity contribution < 1.29 is 4.79 Å². The second kappa shape index (κ2) is 8.51. The van der Waals surface area contributed by atoms with Gasteiger partial charge in [0.25, 0.3) is 5.91 Å². The summed E-state index contributed by atoms with van der Waals surface area (Å²) in [6.45, 7) is 8.80. The summed E-state index contributed by atoms with van der Waals surface area (Å²) in [5, 5.41) is 3.26. The highest BCUT2D eigenvalue weighted by Crippen LogP contribution is 2.11. The Bertz CT molecular complexity index is 387. The van der Waals surface area contributed by atoms with Crippen LogP contribution in [0.3, 0.4) is 0 Å². The monoisotopic (exact) mass is 263 g/mol. The molecule has 1 aromatic heterocycles. The van der Waals surface area contributed by atoms with Gasteiger partial charge < -0.3 is 10.2 Å². The van der Waals surface area contributed by atoms with Crippen LogP contribution >= 0.6 is 0 Å². The number of rotatable bonds is 8. The van der Waals surface area contributed by atoms with Crippen molar-refractivity contribution in [2.24, 2.45) is 0 Å². The van der Waals surface area contributed by atoms with Gasteiger partial charge in [0.15, 0.2) is 0 Å². The topological polar surface area (TPSA) is 45.2 Å². The predicted molar refractivity (Wildman–Crippen MR) is 79.5 cm³/mol. The highest BCUT2D eigenvalue weighted by atomic mass is 16.2. The number of aromatic nitrogens is 1. The van der Waals surface area contributed by atoms with Crippen LogP contribution in [0.1, 0.15) is 50.4 Å². The summed E-state index contributed by atoms with van der Waals surface area (Å²) >= 11 is 0. The fourth-order valence-electron chi connectivity index (χ4n) is 1.96. The highest BCUT2D eigenvalue weighted by molar-refractivity contribution is 5.94. The Morgan fingerprint density at radius 1 is 1.16 bits per heavy atom. The molecule has 1 aromatic rings. The molecule has 4 heteroatoms. The minimum absolute atomic E-state index is 0.0800. The molecular weight excluding hydrogens is 238 g/mol. The summed E-state index contributed by atoms with van der Waals surface area (Å²) in [7, 11) is 0. The van der Waals surface area contributed by atoms with Crippen molar-refractivity contribution in [1.82, 2.24) is 9.88 Å². The largest absolute Gasteiger partial charge is 0.384 e. The van der Waals surface area contributed by atoms with Crippen LogP contribution in [0.25, 0.3) is 0 Å². The third-order valence-electron chi connectivity index (χ3n) is 2.84. The minimum Gasteiger partial charge on any atom is -0.384 e. The molecule has 0 fully saturated rings. The standard InChI is InChI=1S/C15H25N3O/c1-4-7-17-14-10-13(11-16-12-14)15(19)18(8-5-2)9-6-3/h10-12,17H,4-9H2,1-3H3. The number of hydrogen-bond acceptors (Lipinski definition) is 3. The van der Waals surface area contributed by atoms with Crippen molar-refractivity contribution in [3.8, 4) is 0 Å². The smallest absolute Gasteiger partial charge is 0.255 e. The van der Waals surface area contributed by atoms with Crippen LogP contribution in [-0.4, -0.2) is 35.4 Å². The second-order valence-corrected chi connectivity index (χ2v) is 4.68. The van der Waals surface area contributed by atoms with Crippen molar-refractivity contribution in [1.29, 1.82) is 0 Å². The maximum absolute atomic E-state index is 12.4. The van der Waals surface area contributed by atoms with Gasteiger partial charge in [0.05, 0.1) is 11.3 Å². The Morgan fingerprint density at radius 3 is 2.42 bits per heavy atom. The summed E-state index contributed by atoms with van der Waals surface area (Å²) in [5.41, 5.74) is 1.59. The fourth-order valence-corrected chi connectivity index (χ4v) is 1.96. The first-order chi connectivity index (χ1) is 9.22. The van der Waals surface area contributed by atoms with Crippen molar-refractivity contribution >= 4 is 11.6 Å². The zero-order valence-electron chi connectivity index (χ0n) is 12.3. The lowest BCUT2D eigenvalue weighted by Crippen LogP contribution is -2.32. The van der Waals surface area contributed by atoms with Gasteiger partial charge in [-0.05, 0) is 25.3 Å². The lowest BCUT2D eigenvalue weighted by atomic mass is 10.2. The molecule has 0 aliphatic carbocycles. The maximum atomic E-state index is 12.4. The lowest BCUT2D eigenvalue weighted by molar-refractivity contribution is 0.0755. The van der Waals surface area contributed by atoms with E-state index in [1.807, 2.05) is 11.0 Å². The molecule has 0 aromatic carbocycles. The van der Waals surface area contributed by atoms with Crippen LogP contribution in [0.5, 0.6) is 0 Å². The van der Waals surface area contributed by atoms with Crippen molar-refractivity contribution in [3.05, 3.63) is 24.0 Å². The van der Waals surface area contributed by atoms with Crippen LogP contribution < -0.4 is 5.32 Å². The Kier molecular flexibility index (Phi) is 6.93. The summed E-state index contributed by atoms with van der Waals surface area (Å²) in [6.07, 6.45) is 6.42. The van der Waals surface area contributed by atoms with Gasteiger partial charge in [-0.25, -0.2) is 0 Å². The zero-order chi connectivity index (χ0) is 14.1. The van der Waals surface area contributed by atoms with Gasteiger partial charge in [0, 0.05) is 32.0 Å². The molecule has 106 valence electrons. The molecule has 0 radical (unpaired) electrons. The molecule has 0 saturated carbocycles. The molecule has 0 saturated heterocycles. The normalized spacial score (nSPS) is 10.3. The quantitative estimate of drug-likeness (QED) is 0.783. The number of nitrogens with zero attached hydrogens (tertiary/aromatic N) is 2. The van der Waals surface area contributed by atoms with Gasteiger partial charge in [-0.15, -0.1) is 0 Å². The van der Waals surface area contributed by atoms with E-state index in [4.69, 9.17) is 0 Å². The molecule has 1 heterocycles. The molecule has 1 rings (SSSR count). The second-order valence-electron chi connectivity index (χ2n) is 4.68. The Balaban J connectivity index is 2.78. The fraction of sp³-hybridized carbons (Fsp3) is 0.600. The maximum Gasteiger partial charge on any atom is 0.255 e. The first-order valence-corrected chi connectivity index (χ1v) is 7.21. The van der Waals surface area contributed by atoms with E-state index in [2.05, 4.69) is 31.1 Å². The summed E-state index contributed by atoms with van der Waals surface area (Å²) in [6, 6.07) is 1.89. The Hall–Kier alpha value is -1.58. The van der Waals surface area contributed by atoms with Gasteiger partial charge >= 0.3 is 0 Å². The third kappa shape index (κ3) is 4.89. The Morgan fingerprint density at radius 2 is 1.84 bits per heavy atom.